The smallest absolute Gasteiger partial charge is 0.0674 e. The molecule has 2 unspecified atom stereocenters. The second kappa shape index (κ2) is 6.46. The fourth-order valence-electron chi connectivity index (χ4n) is 1.78. The molecule has 3 heteroatoms. The van der Waals surface area contributed by atoms with E-state index in [2.05, 4.69) is 37.9 Å². The topological polar surface area (TPSA) is 24.5 Å². The first-order valence-electron chi connectivity index (χ1n) is 6.17. The molecule has 1 fully saturated rings. The molecular weight excluding hydrogens is 188 g/mol. The fraction of sp³-hybridized carbons (Fsp3) is 1.00. The van der Waals surface area contributed by atoms with Gasteiger partial charge in [-0.05, 0) is 19.8 Å². The third kappa shape index (κ3) is 4.96. The maximum atomic E-state index is 5.51. The van der Waals surface area contributed by atoms with Gasteiger partial charge >= 0.3 is 0 Å². The zero-order chi connectivity index (χ0) is 11.3. The molecule has 15 heavy (non-hydrogen) atoms. The minimum Gasteiger partial charge on any atom is -0.376 e. The van der Waals surface area contributed by atoms with Gasteiger partial charge in [-0.25, -0.2) is 0 Å². The molecular formula is C12H26N2O. The van der Waals surface area contributed by atoms with Crippen LogP contribution in [0.3, 0.4) is 0 Å². The van der Waals surface area contributed by atoms with Crippen LogP contribution in [0.15, 0.2) is 0 Å². The van der Waals surface area contributed by atoms with Crippen molar-refractivity contribution in [1.29, 1.82) is 0 Å². The van der Waals surface area contributed by atoms with Crippen molar-refractivity contribution >= 4 is 0 Å². The van der Waals surface area contributed by atoms with Crippen LogP contribution in [0.2, 0.25) is 0 Å². The standard InChI is InChI=1S/C12H26N2O/c1-10(2)12(4)13-5-6-14-7-8-15-11(3)9-14/h10-13H,5-9H2,1-4H3. The molecule has 1 N–H and O–H groups in total. The van der Waals surface area contributed by atoms with Crippen molar-refractivity contribution < 1.29 is 4.74 Å². The van der Waals surface area contributed by atoms with Gasteiger partial charge in [0.1, 0.15) is 0 Å². The molecule has 0 saturated carbocycles. The number of ether oxygens (including phenoxy) is 1. The van der Waals surface area contributed by atoms with Crippen molar-refractivity contribution in [2.24, 2.45) is 5.92 Å². The van der Waals surface area contributed by atoms with Crippen molar-refractivity contribution in [2.75, 3.05) is 32.8 Å². The highest BCUT2D eigenvalue weighted by atomic mass is 16.5. The maximum absolute atomic E-state index is 5.51. The van der Waals surface area contributed by atoms with Gasteiger partial charge in [0.2, 0.25) is 0 Å². The highest BCUT2D eigenvalue weighted by molar-refractivity contribution is 4.70. The Balaban J connectivity index is 2.09. The number of hydrogen-bond donors (Lipinski definition) is 1. The highest BCUT2D eigenvalue weighted by Crippen LogP contribution is 2.03. The van der Waals surface area contributed by atoms with E-state index in [4.69, 9.17) is 4.74 Å². The summed E-state index contributed by atoms with van der Waals surface area (Å²) in [5.74, 6) is 0.716. The summed E-state index contributed by atoms with van der Waals surface area (Å²) in [5.41, 5.74) is 0. The van der Waals surface area contributed by atoms with Crippen LogP contribution >= 0.6 is 0 Å². The summed E-state index contributed by atoms with van der Waals surface area (Å²) in [6, 6.07) is 0.614. The van der Waals surface area contributed by atoms with E-state index in [1.165, 1.54) is 0 Å². The van der Waals surface area contributed by atoms with Gasteiger partial charge in [0.25, 0.3) is 0 Å². The van der Waals surface area contributed by atoms with E-state index in [-0.39, 0.29) is 0 Å². The zero-order valence-corrected chi connectivity index (χ0v) is 10.6. The Morgan fingerprint density at radius 2 is 2.13 bits per heavy atom. The van der Waals surface area contributed by atoms with Crippen molar-refractivity contribution in [2.45, 2.75) is 39.8 Å². The third-order valence-corrected chi connectivity index (χ3v) is 3.22. The van der Waals surface area contributed by atoms with Gasteiger partial charge in [-0.15, -0.1) is 0 Å². The van der Waals surface area contributed by atoms with E-state index >= 15 is 0 Å². The number of nitrogens with zero attached hydrogens (tertiary/aromatic N) is 1. The first-order chi connectivity index (χ1) is 7.09. The van der Waals surface area contributed by atoms with Gasteiger partial charge in [-0.2, -0.15) is 0 Å². The monoisotopic (exact) mass is 214 g/mol. The average Bonchev–Trinajstić information content (AvgIpc) is 2.17. The van der Waals surface area contributed by atoms with E-state index in [9.17, 15) is 0 Å². The molecule has 1 aliphatic heterocycles. The Labute approximate surface area is 94.2 Å². The van der Waals surface area contributed by atoms with Crippen LogP contribution in [0.4, 0.5) is 0 Å². The SMILES string of the molecule is CC1CN(CCNC(C)C(C)C)CCO1. The number of hydrogen-bond acceptors (Lipinski definition) is 3. The highest BCUT2D eigenvalue weighted by Gasteiger charge is 2.16. The Morgan fingerprint density at radius 3 is 2.73 bits per heavy atom. The predicted octanol–water partition coefficient (Wildman–Crippen LogP) is 1.34. The van der Waals surface area contributed by atoms with Crippen molar-refractivity contribution in [3.8, 4) is 0 Å². The van der Waals surface area contributed by atoms with Crippen molar-refractivity contribution in [3.05, 3.63) is 0 Å². The summed E-state index contributed by atoms with van der Waals surface area (Å²) >= 11 is 0. The molecule has 0 aromatic rings. The minimum absolute atomic E-state index is 0.404. The van der Waals surface area contributed by atoms with Gasteiger partial charge in [-0.1, -0.05) is 13.8 Å². The fourth-order valence-corrected chi connectivity index (χ4v) is 1.78. The van der Waals surface area contributed by atoms with Crippen LogP contribution in [0.1, 0.15) is 27.7 Å². The molecule has 0 amide bonds. The second-order valence-electron chi connectivity index (χ2n) is 4.97. The molecule has 0 radical (unpaired) electrons. The molecule has 0 spiro atoms. The first kappa shape index (κ1) is 12.9. The largest absolute Gasteiger partial charge is 0.376 e. The van der Waals surface area contributed by atoms with Crippen LogP contribution in [-0.2, 0) is 4.74 Å². The van der Waals surface area contributed by atoms with Crippen LogP contribution in [-0.4, -0.2) is 49.8 Å². The molecule has 1 rings (SSSR count). The average molecular weight is 214 g/mol. The van der Waals surface area contributed by atoms with Crippen LogP contribution < -0.4 is 5.32 Å². The van der Waals surface area contributed by atoms with Gasteiger partial charge in [0.05, 0.1) is 12.7 Å². The molecule has 1 heterocycles. The number of rotatable bonds is 5. The molecule has 0 bridgehead atoms. The normalized spacial score (nSPS) is 25.8. The molecule has 1 saturated heterocycles. The molecule has 0 aromatic carbocycles. The molecule has 0 aromatic heterocycles. The van der Waals surface area contributed by atoms with Crippen molar-refractivity contribution in [3.63, 3.8) is 0 Å². The maximum Gasteiger partial charge on any atom is 0.0674 e. The van der Waals surface area contributed by atoms with Crippen LogP contribution in [0.5, 0.6) is 0 Å². The summed E-state index contributed by atoms with van der Waals surface area (Å²) in [5, 5.41) is 3.56. The molecule has 3 nitrogen and oxygen atoms in total. The van der Waals surface area contributed by atoms with E-state index in [1.807, 2.05) is 0 Å². The summed E-state index contributed by atoms with van der Waals surface area (Å²) in [6.45, 7) is 14.2. The Morgan fingerprint density at radius 1 is 1.40 bits per heavy atom. The second-order valence-corrected chi connectivity index (χ2v) is 4.97. The number of morpholine rings is 1. The summed E-state index contributed by atoms with van der Waals surface area (Å²) in [6.07, 6.45) is 0.404. The van der Waals surface area contributed by atoms with Crippen LogP contribution in [0.25, 0.3) is 0 Å². The Kier molecular flexibility index (Phi) is 5.58. The number of nitrogens with one attached hydrogen (secondary N) is 1. The first-order valence-corrected chi connectivity index (χ1v) is 6.17. The summed E-state index contributed by atoms with van der Waals surface area (Å²) < 4.78 is 5.51. The van der Waals surface area contributed by atoms with E-state index in [1.54, 1.807) is 0 Å². The summed E-state index contributed by atoms with van der Waals surface area (Å²) in [7, 11) is 0. The molecule has 2 atom stereocenters. The van der Waals surface area contributed by atoms with Gasteiger partial charge in [0.15, 0.2) is 0 Å². The molecule has 1 aliphatic rings. The zero-order valence-electron chi connectivity index (χ0n) is 10.6. The van der Waals surface area contributed by atoms with E-state index in [0.29, 0.717) is 18.1 Å². The van der Waals surface area contributed by atoms with E-state index < -0.39 is 0 Å². The Hall–Kier alpha value is -0.120. The lowest BCUT2D eigenvalue weighted by molar-refractivity contribution is -0.0178. The predicted molar refractivity (Wildman–Crippen MR) is 64.2 cm³/mol. The quantitative estimate of drug-likeness (QED) is 0.747. The van der Waals surface area contributed by atoms with E-state index in [0.717, 1.165) is 32.8 Å². The lowest BCUT2D eigenvalue weighted by Gasteiger charge is -2.31. The molecule has 90 valence electrons. The van der Waals surface area contributed by atoms with Crippen molar-refractivity contribution in [1.82, 2.24) is 10.2 Å². The van der Waals surface area contributed by atoms with Crippen LogP contribution in [0, 0.1) is 5.92 Å². The lowest BCUT2D eigenvalue weighted by atomic mass is 10.1. The van der Waals surface area contributed by atoms with Gasteiger partial charge in [0, 0.05) is 32.2 Å². The van der Waals surface area contributed by atoms with Gasteiger partial charge in [-0.3, -0.25) is 4.90 Å². The molecule has 0 aliphatic carbocycles. The lowest BCUT2D eigenvalue weighted by Crippen LogP contribution is -2.45. The summed E-state index contributed by atoms with van der Waals surface area (Å²) in [4.78, 5) is 2.48. The third-order valence-electron chi connectivity index (χ3n) is 3.22. The van der Waals surface area contributed by atoms with Gasteiger partial charge < -0.3 is 10.1 Å². The minimum atomic E-state index is 0.404. The Bertz CT molecular complexity index is 173.